The molecule has 1 aromatic rings. The first-order valence-corrected chi connectivity index (χ1v) is 10.9. The van der Waals surface area contributed by atoms with Gasteiger partial charge in [-0.1, -0.05) is 25.7 Å². The second-order valence-corrected chi connectivity index (χ2v) is 8.11. The molecule has 3 heterocycles. The van der Waals surface area contributed by atoms with Gasteiger partial charge in [0.05, 0.1) is 19.8 Å². The Balaban J connectivity index is 1.39. The van der Waals surface area contributed by atoms with Crippen LogP contribution < -0.4 is 15.1 Å². The third-order valence-corrected chi connectivity index (χ3v) is 6.04. The third-order valence-electron chi connectivity index (χ3n) is 6.04. The van der Waals surface area contributed by atoms with E-state index >= 15 is 0 Å². The number of aromatic nitrogens is 3. The Kier molecular flexibility index (Phi) is 6.57. The summed E-state index contributed by atoms with van der Waals surface area (Å²) in [5.41, 5.74) is 0. The van der Waals surface area contributed by atoms with Crippen molar-refractivity contribution in [1.82, 2.24) is 20.3 Å². The highest BCUT2D eigenvalue weighted by Crippen LogP contribution is 2.28. The van der Waals surface area contributed by atoms with Gasteiger partial charge in [-0.2, -0.15) is 15.0 Å². The summed E-state index contributed by atoms with van der Waals surface area (Å²) in [5.74, 6) is 2.92. The molecule has 2 saturated heterocycles. The van der Waals surface area contributed by atoms with Crippen LogP contribution in [0.25, 0.3) is 0 Å². The molecule has 0 radical (unpaired) electrons. The number of nitrogens with zero attached hydrogens (tertiary/aromatic N) is 5. The fourth-order valence-corrected chi connectivity index (χ4v) is 4.34. The van der Waals surface area contributed by atoms with E-state index in [1.165, 1.54) is 38.5 Å². The Morgan fingerprint density at radius 3 is 2.25 bits per heavy atom. The Hall–Kier alpha value is -1.96. The maximum atomic E-state index is 12.3. The van der Waals surface area contributed by atoms with Crippen molar-refractivity contribution in [3.63, 3.8) is 0 Å². The predicted octanol–water partition coefficient (Wildman–Crippen LogP) is 1.90. The molecule has 8 nitrogen and oxygen atoms in total. The van der Waals surface area contributed by atoms with Crippen molar-refractivity contribution in [1.29, 1.82) is 0 Å². The SMILES string of the molecule is O=C(CCC1CCCC1)NCc1nc(N2CCCC2)nc(N2CCOCC2)n1. The highest BCUT2D eigenvalue weighted by Gasteiger charge is 2.21. The number of ether oxygens (including phenoxy) is 1. The Morgan fingerprint density at radius 1 is 0.929 bits per heavy atom. The lowest BCUT2D eigenvalue weighted by Gasteiger charge is -2.28. The van der Waals surface area contributed by atoms with E-state index < -0.39 is 0 Å². The molecule has 1 aliphatic carbocycles. The zero-order valence-electron chi connectivity index (χ0n) is 16.7. The standard InChI is InChI=1S/C20H32N6O2/c27-18(8-7-16-5-1-2-6-16)21-15-17-22-19(25-9-3-4-10-25)24-20(23-17)26-11-13-28-14-12-26/h16H,1-15H2,(H,21,27). The topological polar surface area (TPSA) is 83.5 Å². The van der Waals surface area contributed by atoms with E-state index in [2.05, 4.69) is 25.1 Å². The van der Waals surface area contributed by atoms with Crippen molar-refractivity contribution in [3.05, 3.63) is 5.82 Å². The summed E-state index contributed by atoms with van der Waals surface area (Å²) in [7, 11) is 0. The molecule has 8 heteroatoms. The lowest BCUT2D eigenvalue weighted by Crippen LogP contribution is -2.38. The van der Waals surface area contributed by atoms with Crippen molar-refractivity contribution in [2.45, 2.75) is 57.9 Å². The van der Waals surface area contributed by atoms with Gasteiger partial charge in [0, 0.05) is 32.6 Å². The maximum Gasteiger partial charge on any atom is 0.230 e. The van der Waals surface area contributed by atoms with Crippen LogP contribution in [0.1, 0.15) is 57.2 Å². The lowest BCUT2D eigenvalue weighted by molar-refractivity contribution is -0.121. The smallest absolute Gasteiger partial charge is 0.230 e. The van der Waals surface area contributed by atoms with Gasteiger partial charge in [0.1, 0.15) is 0 Å². The van der Waals surface area contributed by atoms with Gasteiger partial charge in [0.25, 0.3) is 0 Å². The van der Waals surface area contributed by atoms with Crippen LogP contribution in [0.5, 0.6) is 0 Å². The largest absolute Gasteiger partial charge is 0.378 e. The van der Waals surface area contributed by atoms with E-state index in [0.717, 1.165) is 44.5 Å². The molecule has 0 spiro atoms. The highest BCUT2D eigenvalue weighted by molar-refractivity contribution is 5.75. The number of carbonyl (C=O) groups excluding carboxylic acids is 1. The van der Waals surface area contributed by atoms with E-state index in [4.69, 9.17) is 9.72 Å². The molecule has 28 heavy (non-hydrogen) atoms. The molecule has 154 valence electrons. The summed E-state index contributed by atoms with van der Waals surface area (Å²) in [6.07, 6.45) is 9.15. The van der Waals surface area contributed by atoms with Crippen LogP contribution in [0.4, 0.5) is 11.9 Å². The fourth-order valence-electron chi connectivity index (χ4n) is 4.34. The molecule has 2 aliphatic heterocycles. The van der Waals surface area contributed by atoms with E-state index in [0.29, 0.717) is 38.0 Å². The van der Waals surface area contributed by atoms with Gasteiger partial charge in [-0.3, -0.25) is 4.79 Å². The van der Waals surface area contributed by atoms with Crippen LogP contribution in [0.15, 0.2) is 0 Å². The van der Waals surface area contributed by atoms with Gasteiger partial charge in [-0.15, -0.1) is 0 Å². The van der Waals surface area contributed by atoms with Crippen LogP contribution in [0, 0.1) is 5.92 Å². The zero-order valence-corrected chi connectivity index (χ0v) is 16.7. The molecule has 1 saturated carbocycles. The highest BCUT2D eigenvalue weighted by atomic mass is 16.5. The van der Waals surface area contributed by atoms with Gasteiger partial charge in [0.2, 0.25) is 17.8 Å². The Bertz CT molecular complexity index is 652. The molecular weight excluding hydrogens is 356 g/mol. The van der Waals surface area contributed by atoms with Gasteiger partial charge in [-0.05, 0) is 25.2 Å². The average molecular weight is 389 g/mol. The minimum Gasteiger partial charge on any atom is -0.378 e. The summed E-state index contributed by atoms with van der Waals surface area (Å²) in [5, 5.41) is 3.02. The quantitative estimate of drug-likeness (QED) is 0.764. The van der Waals surface area contributed by atoms with E-state index in [1.54, 1.807) is 0 Å². The van der Waals surface area contributed by atoms with Crippen molar-refractivity contribution >= 4 is 17.8 Å². The van der Waals surface area contributed by atoms with Gasteiger partial charge in [0.15, 0.2) is 5.82 Å². The maximum absolute atomic E-state index is 12.3. The first kappa shape index (κ1) is 19.4. The normalized spacial score (nSPS) is 20.7. The first-order valence-electron chi connectivity index (χ1n) is 10.9. The molecule has 1 aromatic heterocycles. The molecular formula is C20H32N6O2. The van der Waals surface area contributed by atoms with E-state index in [-0.39, 0.29) is 5.91 Å². The number of carbonyl (C=O) groups is 1. The molecule has 1 N–H and O–H groups in total. The van der Waals surface area contributed by atoms with E-state index in [9.17, 15) is 4.79 Å². The molecule has 3 aliphatic rings. The summed E-state index contributed by atoms with van der Waals surface area (Å²) < 4.78 is 5.45. The summed E-state index contributed by atoms with van der Waals surface area (Å²) >= 11 is 0. The van der Waals surface area contributed by atoms with Gasteiger partial charge >= 0.3 is 0 Å². The summed E-state index contributed by atoms with van der Waals surface area (Å²) in [4.78, 5) is 30.7. The Morgan fingerprint density at radius 2 is 1.57 bits per heavy atom. The van der Waals surface area contributed by atoms with Crippen LogP contribution in [-0.4, -0.2) is 60.3 Å². The molecule has 0 aromatic carbocycles. The number of amides is 1. The lowest BCUT2D eigenvalue weighted by atomic mass is 10.0. The minimum atomic E-state index is 0.1000. The van der Waals surface area contributed by atoms with Crippen LogP contribution >= 0.6 is 0 Å². The third kappa shape index (κ3) is 5.10. The zero-order chi connectivity index (χ0) is 19.2. The van der Waals surface area contributed by atoms with Gasteiger partial charge in [-0.25, -0.2) is 0 Å². The van der Waals surface area contributed by atoms with Crippen molar-refractivity contribution < 1.29 is 9.53 Å². The average Bonchev–Trinajstić information content (AvgIpc) is 3.45. The summed E-state index contributed by atoms with van der Waals surface area (Å²) in [6.45, 7) is 5.30. The van der Waals surface area contributed by atoms with Crippen molar-refractivity contribution in [2.24, 2.45) is 5.92 Å². The fraction of sp³-hybridized carbons (Fsp3) is 0.800. The molecule has 3 fully saturated rings. The molecule has 1 amide bonds. The van der Waals surface area contributed by atoms with Crippen molar-refractivity contribution in [2.75, 3.05) is 49.2 Å². The second-order valence-electron chi connectivity index (χ2n) is 8.11. The Labute approximate surface area is 167 Å². The number of rotatable bonds is 7. The van der Waals surface area contributed by atoms with Crippen LogP contribution in [0.3, 0.4) is 0 Å². The van der Waals surface area contributed by atoms with Crippen LogP contribution in [-0.2, 0) is 16.1 Å². The number of hydrogen-bond acceptors (Lipinski definition) is 7. The molecule has 4 rings (SSSR count). The van der Waals surface area contributed by atoms with E-state index in [1.807, 2.05) is 0 Å². The predicted molar refractivity (Wildman–Crippen MR) is 107 cm³/mol. The summed E-state index contributed by atoms with van der Waals surface area (Å²) in [6, 6.07) is 0. The molecule has 0 bridgehead atoms. The second kappa shape index (κ2) is 9.49. The number of anilines is 2. The van der Waals surface area contributed by atoms with Crippen LogP contribution in [0.2, 0.25) is 0 Å². The monoisotopic (exact) mass is 388 g/mol. The number of morpholine rings is 1. The first-order chi connectivity index (χ1) is 13.8. The minimum absolute atomic E-state index is 0.1000. The number of nitrogens with one attached hydrogen (secondary N) is 1. The van der Waals surface area contributed by atoms with Crippen molar-refractivity contribution in [3.8, 4) is 0 Å². The number of hydrogen-bond donors (Lipinski definition) is 1. The molecule has 0 atom stereocenters. The molecule has 0 unspecified atom stereocenters. The van der Waals surface area contributed by atoms with Gasteiger partial charge < -0.3 is 19.9 Å².